The van der Waals surface area contributed by atoms with Gasteiger partial charge in [0, 0.05) is 0 Å². The molecule has 100 valence electrons. The molecule has 1 atom stereocenters. The molecule has 2 rings (SSSR count). The highest BCUT2D eigenvalue weighted by molar-refractivity contribution is 5.67. The molecule has 0 bridgehead atoms. The second kappa shape index (κ2) is 4.97. The SMILES string of the molecule is CC(C)(C)OC(=O)NCC1OCCc2cn[nH]c21. The molecule has 2 N–H and O–H groups in total. The maximum Gasteiger partial charge on any atom is 0.407 e. The molecular formula is C12H19N3O3. The third-order valence-corrected chi connectivity index (χ3v) is 2.59. The van der Waals surface area contributed by atoms with Crippen LogP contribution in [0.15, 0.2) is 6.20 Å². The summed E-state index contributed by atoms with van der Waals surface area (Å²) in [7, 11) is 0. The van der Waals surface area contributed by atoms with Crippen LogP contribution in [0.5, 0.6) is 0 Å². The lowest BCUT2D eigenvalue weighted by Gasteiger charge is -2.24. The van der Waals surface area contributed by atoms with Crippen molar-refractivity contribution in [1.29, 1.82) is 0 Å². The van der Waals surface area contributed by atoms with Gasteiger partial charge in [0.15, 0.2) is 0 Å². The van der Waals surface area contributed by atoms with Crippen LogP contribution in [0.4, 0.5) is 4.79 Å². The molecule has 6 nitrogen and oxygen atoms in total. The van der Waals surface area contributed by atoms with Crippen LogP contribution in [0, 0.1) is 0 Å². The van der Waals surface area contributed by atoms with Crippen LogP contribution in [0.25, 0.3) is 0 Å². The molecule has 6 heteroatoms. The van der Waals surface area contributed by atoms with E-state index in [2.05, 4.69) is 15.5 Å². The number of nitrogens with zero attached hydrogens (tertiary/aromatic N) is 1. The summed E-state index contributed by atoms with van der Waals surface area (Å²) in [6.45, 7) is 6.52. The predicted octanol–water partition coefficient (Wildman–Crippen LogP) is 1.55. The Bertz CT molecular complexity index is 422. The summed E-state index contributed by atoms with van der Waals surface area (Å²) in [5.74, 6) is 0. The standard InChI is InChI=1S/C12H19N3O3/c1-12(2,3)18-11(16)13-7-9-10-8(4-5-17-9)6-14-15-10/h6,9H,4-5,7H2,1-3H3,(H,13,16)(H,14,15). The van der Waals surface area contributed by atoms with Crippen molar-refractivity contribution in [3.63, 3.8) is 0 Å². The Hall–Kier alpha value is -1.56. The van der Waals surface area contributed by atoms with Gasteiger partial charge in [-0.1, -0.05) is 0 Å². The minimum atomic E-state index is -0.489. The lowest BCUT2D eigenvalue weighted by atomic mass is 10.1. The number of nitrogens with one attached hydrogen (secondary N) is 2. The van der Waals surface area contributed by atoms with Crippen molar-refractivity contribution in [2.45, 2.75) is 38.9 Å². The number of aromatic amines is 1. The average molecular weight is 253 g/mol. The summed E-state index contributed by atoms with van der Waals surface area (Å²) < 4.78 is 10.8. The van der Waals surface area contributed by atoms with Gasteiger partial charge in [-0.2, -0.15) is 5.10 Å². The number of amides is 1. The number of ether oxygens (including phenoxy) is 2. The Morgan fingerprint density at radius 3 is 3.17 bits per heavy atom. The monoisotopic (exact) mass is 253 g/mol. The molecule has 18 heavy (non-hydrogen) atoms. The van der Waals surface area contributed by atoms with E-state index >= 15 is 0 Å². The predicted molar refractivity (Wildman–Crippen MR) is 65.2 cm³/mol. The molecule has 1 amide bonds. The molecule has 0 aliphatic carbocycles. The Morgan fingerprint density at radius 1 is 1.67 bits per heavy atom. The molecule has 0 fully saturated rings. The molecule has 1 aromatic heterocycles. The highest BCUT2D eigenvalue weighted by atomic mass is 16.6. The zero-order chi connectivity index (χ0) is 13.2. The van der Waals surface area contributed by atoms with Crippen molar-refractivity contribution in [3.8, 4) is 0 Å². The number of fused-ring (bicyclic) bond motifs is 1. The fourth-order valence-corrected chi connectivity index (χ4v) is 1.84. The fourth-order valence-electron chi connectivity index (χ4n) is 1.84. The molecule has 0 spiro atoms. The zero-order valence-electron chi connectivity index (χ0n) is 10.9. The van der Waals surface area contributed by atoms with Gasteiger partial charge < -0.3 is 14.8 Å². The molecule has 0 saturated heterocycles. The summed E-state index contributed by atoms with van der Waals surface area (Å²) >= 11 is 0. The maximum atomic E-state index is 11.5. The number of hydrogen-bond acceptors (Lipinski definition) is 4. The molecule has 1 aliphatic heterocycles. The highest BCUT2D eigenvalue weighted by Gasteiger charge is 2.24. The number of carbonyl (C=O) groups is 1. The first kappa shape index (κ1) is 12.9. The van der Waals surface area contributed by atoms with Crippen molar-refractivity contribution in [2.24, 2.45) is 0 Å². The Kier molecular flexibility index (Phi) is 3.56. The van der Waals surface area contributed by atoms with Crippen LogP contribution in [0.1, 0.15) is 38.1 Å². The van der Waals surface area contributed by atoms with Gasteiger partial charge in [0.25, 0.3) is 0 Å². The number of alkyl carbamates (subject to hydrolysis) is 1. The third-order valence-electron chi connectivity index (χ3n) is 2.59. The van der Waals surface area contributed by atoms with Crippen LogP contribution in [-0.4, -0.2) is 35.0 Å². The van der Waals surface area contributed by atoms with Crippen LogP contribution < -0.4 is 5.32 Å². The first-order valence-corrected chi connectivity index (χ1v) is 6.06. The summed E-state index contributed by atoms with van der Waals surface area (Å²) in [6, 6.07) is 0. The van der Waals surface area contributed by atoms with Crippen molar-refractivity contribution in [1.82, 2.24) is 15.5 Å². The quantitative estimate of drug-likeness (QED) is 0.838. The van der Waals surface area contributed by atoms with E-state index in [0.717, 1.165) is 17.7 Å². The van der Waals surface area contributed by atoms with E-state index in [1.807, 2.05) is 20.8 Å². The van der Waals surface area contributed by atoms with Gasteiger partial charge in [0.05, 0.1) is 25.0 Å². The summed E-state index contributed by atoms with van der Waals surface area (Å²) in [5, 5.41) is 9.61. The van der Waals surface area contributed by atoms with Crippen LogP contribution in [-0.2, 0) is 15.9 Å². The molecule has 1 aliphatic rings. The molecule has 1 aromatic rings. The van der Waals surface area contributed by atoms with E-state index in [0.29, 0.717) is 13.2 Å². The molecule has 0 radical (unpaired) electrons. The van der Waals surface area contributed by atoms with E-state index < -0.39 is 11.7 Å². The van der Waals surface area contributed by atoms with E-state index in [-0.39, 0.29) is 6.10 Å². The lowest BCUT2D eigenvalue weighted by molar-refractivity contribution is 0.0272. The smallest absolute Gasteiger partial charge is 0.407 e. The van der Waals surface area contributed by atoms with Crippen LogP contribution in [0.3, 0.4) is 0 Å². The number of rotatable bonds is 2. The number of H-pyrrole nitrogens is 1. The van der Waals surface area contributed by atoms with E-state index in [1.165, 1.54) is 0 Å². The lowest BCUT2D eigenvalue weighted by Crippen LogP contribution is -2.36. The molecule has 0 aromatic carbocycles. The summed E-state index contributed by atoms with van der Waals surface area (Å²) in [6.07, 6.45) is 2.05. The minimum absolute atomic E-state index is 0.177. The average Bonchev–Trinajstić information content (AvgIpc) is 2.72. The molecule has 1 unspecified atom stereocenters. The topological polar surface area (TPSA) is 76.2 Å². The second-order valence-corrected chi connectivity index (χ2v) is 5.30. The van der Waals surface area contributed by atoms with Gasteiger partial charge in [-0.25, -0.2) is 4.79 Å². The molecule has 0 saturated carbocycles. The van der Waals surface area contributed by atoms with E-state index in [1.54, 1.807) is 6.20 Å². The first-order chi connectivity index (χ1) is 8.46. The van der Waals surface area contributed by atoms with Gasteiger partial charge in [-0.05, 0) is 32.8 Å². The Morgan fingerprint density at radius 2 is 2.44 bits per heavy atom. The summed E-state index contributed by atoms with van der Waals surface area (Å²) in [4.78, 5) is 11.5. The minimum Gasteiger partial charge on any atom is -0.444 e. The Balaban J connectivity index is 1.87. The molecule has 2 heterocycles. The highest BCUT2D eigenvalue weighted by Crippen LogP contribution is 2.23. The molecular weight excluding hydrogens is 234 g/mol. The number of carbonyl (C=O) groups excluding carboxylic acids is 1. The van der Waals surface area contributed by atoms with Gasteiger partial charge in [-0.3, -0.25) is 5.10 Å². The van der Waals surface area contributed by atoms with Crippen molar-refractivity contribution in [3.05, 3.63) is 17.5 Å². The largest absolute Gasteiger partial charge is 0.444 e. The van der Waals surface area contributed by atoms with Gasteiger partial charge in [-0.15, -0.1) is 0 Å². The van der Waals surface area contributed by atoms with Gasteiger partial charge >= 0.3 is 6.09 Å². The third kappa shape index (κ3) is 3.22. The van der Waals surface area contributed by atoms with E-state index in [9.17, 15) is 4.79 Å². The fraction of sp³-hybridized carbons (Fsp3) is 0.667. The van der Waals surface area contributed by atoms with Crippen molar-refractivity contribution < 1.29 is 14.3 Å². The van der Waals surface area contributed by atoms with Crippen molar-refractivity contribution >= 4 is 6.09 Å². The summed E-state index contributed by atoms with van der Waals surface area (Å²) in [5.41, 5.74) is 1.60. The second-order valence-electron chi connectivity index (χ2n) is 5.30. The normalized spacial score (nSPS) is 19.2. The first-order valence-electron chi connectivity index (χ1n) is 6.06. The maximum absolute atomic E-state index is 11.5. The Labute approximate surface area is 106 Å². The number of aromatic nitrogens is 2. The zero-order valence-corrected chi connectivity index (χ0v) is 10.9. The number of hydrogen-bond donors (Lipinski definition) is 2. The van der Waals surface area contributed by atoms with Crippen LogP contribution >= 0.6 is 0 Å². The van der Waals surface area contributed by atoms with Crippen LogP contribution in [0.2, 0.25) is 0 Å². The van der Waals surface area contributed by atoms with Gasteiger partial charge in [0.2, 0.25) is 0 Å². The van der Waals surface area contributed by atoms with Gasteiger partial charge in [0.1, 0.15) is 11.7 Å². The van der Waals surface area contributed by atoms with E-state index in [4.69, 9.17) is 9.47 Å². The van der Waals surface area contributed by atoms with Crippen molar-refractivity contribution in [2.75, 3.05) is 13.2 Å².